The molecule has 0 bridgehead atoms. The molecule has 1 aliphatic carbocycles. The van der Waals surface area contributed by atoms with Crippen LogP contribution in [0.25, 0.3) is 17.0 Å². The number of nitrogens with zero attached hydrogens (tertiary/aromatic N) is 4. The Morgan fingerprint density at radius 3 is 2.65 bits per heavy atom. The number of aryl methyl sites for hydroxylation is 2. The first-order chi connectivity index (χ1) is 9.81. The molecule has 5 heteroatoms. The fraction of sp³-hybridized carbons (Fsp3) is 0.267. The zero-order valence-corrected chi connectivity index (χ0v) is 10.9. The Morgan fingerprint density at radius 1 is 1.00 bits per heavy atom. The molecule has 0 aliphatic heterocycles. The van der Waals surface area contributed by atoms with Crippen LogP contribution in [0.15, 0.2) is 30.5 Å². The van der Waals surface area contributed by atoms with E-state index >= 15 is 0 Å². The topological polar surface area (TPSA) is 43.1 Å². The molecule has 4 nitrogen and oxygen atoms in total. The van der Waals surface area contributed by atoms with Gasteiger partial charge in [-0.1, -0.05) is 0 Å². The van der Waals surface area contributed by atoms with Crippen molar-refractivity contribution in [3.63, 3.8) is 0 Å². The number of fused-ring (bicyclic) bond motifs is 3. The van der Waals surface area contributed by atoms with Crippen molar-refractivity contribution in [1.29, 1.82) is 0 Å². The molecule has 0 atom stereocenters. The van der Waals surface area contributed by atoms with Crippen molar-refractivity contribution in [2.45, 2.75) is 25.7 Å². The first kappa shape index (κ1) is 11.5. The van der Waals surface area contributed by atoms with Crippen molar-refractivity contribution in [3.8, 4) is 11.3 Å². The van der Waals surface area contributed by atoms with Crippen molar-refractivity contribution in [2.24, 2.45) is 0 Å². The fourth-order valence-corrected chi connectivity index (χ4v) is 2.75. The Hall–Kier alpha value is -2.30. The summed E-state index contributed by atoms with van der Waals surface area (Å²) in [7, 11) is 0. The van der Waals surface area contributed by atoms with E-state index in [1.54, 1.807) is 12.1 Å². The first-order valence-corrected chi connectivity index (χ1v) is 6.81. The Labute approximate surface area is 115 Å². The molecular formula is C15H13FN4. The van der Waals surface area contributed by atoms with Crippen LogP contribution in [-0.2, 0) is 12.8 Å². The summed E-state index contributed by atoms with van der Waals surface area (Å²) in [4.78, 5) is 4.49. The maximum atomic E-state index is 13.0. The molecular weight excluding hydrogens is 255 g/mol. The SMILES string of the molecule is Fc1ccc(-c2cn3c4c(nnc3n2)CCCC4)cc1. The van der Waals surface area contributed by atoms with Gasteiger partial charge in [0.25, 0.3) is 5.78 Å². The molecule has 0 fully saturated rings. The molecule has 1 aromatic carbocycles. The Balaban J connectivity index is 1.88. The zero-order valence-electron chi connectivity index (χ0n) is 10.9. The summed E-state index contributed by atoms with van der Waals surface area (Å²) < 4.78 is 15.0. The Kier molecular flexibility index (Phi) is 2.52. The van der Waals surface area contributed by atoms with Crippen molar-refractivity contribution in [3.05, 3.63) is 47.7 Å². The van der Waals surface area contributed by atoms with Crippen LogP contribution in [0, 0.1) is 5.82 Å². The van der Waals surface area contributed by atoms with Crippen LogP contribution in [0.2, 0.25) is 0 Å². The van der Waals surface area contributed by atoms with E-state index < -0.39 is 0 Å². The second-order valence-electron chi connectivity index (χ2n) is 5.10. The van der Waals surface area contributed by atoms with E-state index in [1.807, 2.05) is 10.6 Å². The van der Waals surface area contributed by atoms with Crippen LogP contribution in [0.4, 0.5) is 4.39 Å². The first-order valence-electron chi connectivity index (χ1n) is 6.81. The van der Waals surface area contributed by atoms with Gasteiger partial charge in [-0.05, 0) is 49.9 Å². The molecule has 0 saturated carbocycles. The molecule has 100 valence electrons. The average molecular weight is 268 g/mol. The summed E-state index contributed by atoms with van der Waals surface area (Å²) >= 11 is 0. The third kappa shape index (κ3) is 1.78. The molecule has 0 saturated heterocycles. The van der Waals surface area contributed by atoms with Gasteiger partial charge in [0.05, 0.1) is 11.4 Å². The van der Waals surface area contributed by atoms with Gasteiger partial charge in [-0.2, -0.15) is 5.10 Å². The van der Waals surface area contributed by atoms with Crippen molar-refractivity contribution < 1.29 is 4.39 Å². The molecule has 0 N–H and O–H groups in total. The Bertz CT molecular complexity index is 776. The van der Waals surface area contributed by atoms with E-state index in [1.165, 1.54) is 30.7 Å². The van der Waals surface area contributed by atoms with Crippen LogP contribution in [0.5, 0.6) is 0 Å². The van der Waals surface area contributed by atoms with E-state index in [0.717, 1.165) is 29.8 Å². The lowest BCUT2D eigenvalue weighted by Gasteiger charge is -2.14. The van der Waals surface area contributed by atoms with Gasteiger partial charge in [-0.3, -0.25) is 4.40 Å². The summed E-state index contributed by atoms with van der Waals surface area (Å²) in [5.41, 5.74) is 3.98. The molecule has 3 aromatic rings. The summed E-state index contributed by atoms with van der Waals surface area (Å²) in [6, 6.07) is 6.36. The number of benzene rings is 1. The highest BCUT2D eigenvalue weighted by Gasteiger charge is 2.16. The standard InChI is InChI=1S/C15H13FN4/c16-11-7-5-10(6-8-11)13-9-20-14-4-2-1-3-12(14)18-19-15(20)17-13/h5-9H,1-4H2. The molecule has 0 radical (unpaired) electrons. The molecule has 2 heterocycles. The summed E-state index contributed by atoms with van der Waals surface area (Å²) in [6.07, 6.45) is 6.33. The van der Waals surface area contributed by atoms with Crippen LogP contribution >= 0.6 is 0 Å². The summed E-state index contributed by atoms with van der Waals surface area (Å²) in [6.45, 7) is 0. The lowest BCUT2D eigenvalue weighted by atomic mass is 10.0. The number of hydrogen-bond acceptors (Lipinski definition) is 3. The van der Waals surface area contributed by atoms with Crippen molar-refractivity contribution in [1.82, 2.24) is 19.6 Å². The molecule has 20 heavy (non-hydrogen) atoms. The number of aromatic nitrogens is 4. The predicted octanol–water partition coefficient (Wildman–Crippen LogP) is 2.81. The normalized spacial score (nSPS) is 14.4. The quantitative estimate of drug-likeness (QED) is 0.681. The van der Waals surface area contributed by atoms with Gasteiger partial charge >= 0.3 is 0 Å². The number of halogens is 1. The molecule has 1 aliphatic rings. The predicted molar refractivity (Wildman–Crippen MR) is 72.8 cm³/mol. The van der Waals surface area contributed by atoms with E-state index in [4.69, 9.17) is 0 Å². The lowest BCUT2D eigenvalue weighted by Crippen LogP contribution is -2.12. The van der Waals surface area contributed by atoms with Gasteiger partial charge in [0.2, 0.25) is 0 Å². The minimum atomic E-state index is -0.241. The molecule has 0 amide bonds. The number of rotatable bonds is 1. The van der Waals surface area contributed by atoms with E-state index in [9.17, 15) is 4.39 Å². The maximum absolute atomic E-state index is 13.0. The second-order valence-corrected chi connectivity index (χ2v) is 5.10. The summed E-state index contributed by atoms with van der Waals surface area (Å²) in [5.74, 6) is 0.375. The number of imidazole rings is 1. The van der Waals surface area contributed by atoms with Crippen LogP contribution < -0.4 is 0 Å². The number of hydrogen-bond donors (Lipinski definition) is 0. The van der Waals surface area contributed by atoms with E-state index in [2.05, 4.69) is 15.2 Å². The average Bonchev–Trinajstić information content (AvgIpc) is 2.92. The Morgan fingerprint density at radius 2 is 1.80 bits per heavy atom. The highest BCUT2D eigenvalue weighted by atomic mass is 19.1. The van der Waals surface area contributed by atoms with Crippen molar-refractivity contribution in [2.75, 3.05) is 0 Å². The maximum Gasteiger partial charge on any atom is 0.254 e. The zero-order chi connectivity index (χ0) is 13.5. The lowest BCUT2D eigenvalue weighted by molar-refractivity contribution is 0.627. The highest BCUT2D eigenvalue weighted by molar-refractivity contribution is 5.61. The molecule has 2 aromatic heterocycles. The highest BCUT2D eigenvalue weighted by Crippen LogP contribution is 2.23. The van der Waals surface area contributed by atoms with Gasteiger partial charge in [0, 0.05) is 17.5 Å². The third-order valence-electron chi connectivity index (χ3n) is 3.79. The third-order valence-corrected chi connectivity index (χ3v) is 3.79. The van der Waals surface area contributed by atoms with Gasteiger partial charge in [0.1, 0.15) is 5.82 Å². The van der Waals surface area contributed by atoms with Crippen LogP contribution in [0.1, 0.15) is 24.2 Å². The molecule has 4 rings (SSSR count). The van der Waals surface area contributed by atoms with Gasteiger partial charge in [-0.25, -0.2) is 9.37 Å². The van der Waals surface area contributed by atoms with Crippen LogP contribution in [-0.4, -0.2) is 19.6 Å². The molecule has 0 unspecified atom stereocenters. The van der Waals surface area contributed by atoms with Crippen LogP contribution in [0.3, 0.4) is 0 Å². The minimum absolute atomic E-state index is 0.241. The largest absolute Gasteiger partial charge is 0.284 e. The molecule has 0 spiro atoms. The van der Waals surface area contributed by atoms with Gasteiger partial charge in [0.15, 0.2) is 0 Å². The summed E-state index contributed by atoms with van der Waals surface area (Å²) in [5, 5.41) is 8.46. The monoisotopic (exact) mass is 268 g/mol. The second kappa shape index (κ2) is 4.37. The fourth-order valence-electron chi connectivity index (χ4n) is 2.75. The van der Waals surface area contributed by atoms with Gasteiger partial charge in [-0.15, -0.1) is 5.10 Å². The van der Waals surface area contributed by atoms with Crippen molar-refractivity contribution >= 4 is 5.78 Å². The van der Waals surface area contributed by atoms with Gasteiger partial charge < -0.3 is 0 Å². The minimum Gasteiger partial charge on any atom is -0.284 e. The smallest absolute Gasteiger partial charge is 0.254 e. The van der Waals surface area contributed by atoms with E-state index in [-0.39, 0.29) is 5.82 Å². The van der Waals surface area contributed by atoms with E-state index in [0.29, 0.717) is 5.78 Å².